The van der Waals surface area contributed by atoms with Crippen LogP contribution in [0.4, 0.5) is 0 Å². The van der Waals surface area contributed by atoms with Gasteiger partial charge in [-0.3, -0.25) is 4.79 Å². The van der Waals surface area contributed by atoms with Gasteiger partial charge in [-0.15, -0.1) is 0 Å². The zero-order valence-electron chi connectivity index (χ0n) is 10.7. The van der Waals surface area contributed by atoms with Crippen LogP contribution in [0.15, 0.2) is 36.4 Å². The molecule has 0 spiro atoms. The topological polar surface area (TPSA) is 40.5 Å². The molecule has 2 rings (SSSR count). The number of amides is 1. The first-order chi connectivity index (χ1) is 8.57. The SMILES string of the molecule is CC1(O)CCCN(C(=O)/C=C/c2ccccc2)C1. The molecule has 18 heavy (non-hydrogen) atoms. The number of hydrogen-bond acceptors (Lipinski definition) is 2. The van der Waals surface area contributed by atoms with Gasteiger partial charge in [0.1, 0.15) is 0 Å². The second kappa shape index (κ2) is 5.36. The Hall–Kier alpha value is -1.61. The van der Waals surface area contributed by atoms with Gasteiger partial charge < -0.3 is 10.0 Å². The van der Waals surface area contributed by atoms with Crippen LogP contribution in [0.2, 0.25) is 0 Å². The summed E-state index contributed by atoms with van der Waals surface area (Å²) in [6, 6.07) is 9.74. The molecule has 1 unspecified atom stereocenters. The molecular formula is C15H19NO2. The lowest BCUT2D eigenvalue weighted by Crippen LogP contribution is -2.48. The highest BCUT2D eigenvalue weighted by atomic mass is 16.3. The maximum Gasteiger partial charge on any atom is 0.246 e. The van der Waals surface area contributed by atoms with E-state index >= 15 is 0 Å². The van der Waals surface area contributed by atoms with E-state index < -0.39 is 5.60 Å². The predicted octanol–water partition coefficient (Wildman–Crippen LogP) is 2.07. The van der Waals surface area contributed by atoms with E-state index in [1.54, 1.807) is 17.9 Å². The van der Waals surface area contributed by atoms with Crippen molar-refractivity contribution < 1.29 is 9.90 Å². The van der Waals surface area contributed by atoms with Gasteiger partial charge in [0.15, 0.2) is 0 Å². The smallest absolute Gasteiger partial charge is 0.246 e. The minimum absolute atomic E-state index is 0.0289. The van der Waals surface area contributed by atoms with Gasteiger partial charge in [-0.1, -0.05) is 30.3 Å². The summed E-state index contributed by atoms with van der Waals surface area (Å²) in [6.45, 7) is 2.94. The molecular weight excluding hydrogens is 226 g/mol. The van der Waals surface area contributed by atoms with Crippen LogP contribution in [0.1, 0.15) is 25.3 Å². The average molecular weight is 245 g/mol. The normalized spacial score (nSPS) is 24.4. The number of likely N-dealkylation sites (tertiary alicyclic amines) is 1. The Morgan fingerprint density at radius 2 is 2.11 bits per heavy atom. The van der Waals surface area contributed by atoms with E-state index in [-0.39, 0.29) is 5.91 Å². The Morgan fingerprint density at radius 1 is 1.39 bits per heavy atom. The maximum atomic E-state index is 12.0. The Bertz CT molecular complexity index is 437. The van der Waals surface area contributed by atoms with E-state index in [1.807, 2.05) is 36.4 Å². The third-order valence-electron chi connectivity index (χ3n) is 3.20. The molecule has 1 fully saturated rings. The quantitative estimate of drug-likeness (QED) is 0.810. The molecule has 0 radical (unpaired) electrons. The van der Waals surface area contributed by atoms with Crippen LogP contribution in [0, 0.1) is 0 Å². The number of carbonyl (C=O) groups is 1. The van der Waals surface area contributed by atoms with Crippen LogP contribution in [-0.4, -0.2) is 34.6 Å². The van der Waals surface area contributed by atoms with Crippen molar-refractivity contribution in [3.05, 3.63) is 42.0 Å². The van der Waals surface area contributed by atoms with Gasteiger partial charge in [-0.25, -0.2) is 0 Å². The lowest BCUT2D eigenvalue weighted by molar-refractivity contribution is -0.132. The van der Waals surface area contributed by atoms with Gasteiger partial charge in [0, 0.05) is 19.2 Å². The van der Waals surface area contributed by atoms with Crippen molar-refractivity contribution in [1.82, 2.24) is 4.90 Å². The number of piperidine rings is 1. The largest absolute Gasteiger partial charge is 0.388 e. The maximum absolute atomic E-state index is 12.0. The van der Waals surface area contributed by atoms with Gasteiger partial charge in [0.05, 0.1) is 5.60 Å². The average Bonchev–Trinajstić information content (AvgIpc) is 2.36. The Morgan fingerprint density at radius 3 is 2.78 bits per heavy atom. The predicted molar refractivity (Wildman–Crippen MR) is 71.9 cm³/mol. The summed E-state index contributed by atoms with van der Waals surface area (Å²) in [5, 5.41) is 9.96. The minimum Gasteiger partial charge on any atom is -0.388 e. The third kappa shape index (κ3) is 3.44. The fraction of sp³-hybridized carbons (Fsp3) is 0.400. The first kappa shape index (κ1) is 12.8. The molecule has 1 heterocycles. The molecule has 1 atom stereocenters. The Labute approximate surface area is 108 Å². The van der Waals surface area contributed by atoms with E-state index in [0.29, 0.717) is 6.54 Å². The number of rotatable bonds is 2. The van der Waals surface area contributed by atoms with Crippen LogP contribution < -0.4 is 0 Å². The molecule has 1 saturated heterocycles. The highest BCUT2D eigenvalue weighted by Crippen LogP contribution is 2.20. The molecule has 0 saturated carbocycles. The zero-order valence-corrected chi connectivity index (χ0v) is 10.7. The van der Waals surface area contributed by atoms with E-state index in [4.69, 9.17) is 0 Å². The lowest BCUT2D eigenvalue weighted by atomic mass is 9.95. The monoisotopic (exact) mass is 245 g/mol. The second-order valence-electron chi connectivity index (χ2n) is 5.10. The molecule has 0 bridgehead atoms. The van der Waals surface area contributed by atoms with E-state index in [9.17, 15) is 9.90 Å². The third-order valence-corrected chi connectivity index (χ3v) is 3.20. The molecule has 1 aromatic carbocycles. The van der Waals surface area contributed by atoms with Gasteiger partial charge in [-0.2, -0.15) is 0 Å². The number of carbonyl (C=O) groups excluding carboxylic acids is 1. The van der Waals surface area contributed by atoms with Crippen molar-refractivity contribution in [2.45, 2.75) is 25.4 Å². The summed E-state index contributed by atoms with van der Waals surface area (Å²) in [5.74, 6) is -0.0289. The summed E-state index contributed by atoms with van der Waals surface area (Å²) >= 11 is 0. The standard InChI is InChI=1S/C15H19NO2/c1-15(18)10-5-11-16(12-15)14(17)9-8-13-6-3-2-4-7-13/h2-4,6-9,18H,5,10-12H2,1H3/b9-8+. The molecule has 1 aromatic rings. The molecule has 0 aliphatic carbocycles. The molecule has 1 aliphatic heterocycles. The summed E-state index contributed by atoms with van der Waals surface area (Å²) in [7, 11) is 0. The van der Waals surface area contributed by atoms with Crippen LogP contribution in [0.25, 0.3) is 6.08 Å². The van der Waals surface area contributed by atoms with Crippen molar-refractivity contribution in [1.29, 1.82) is 0 Å². The number of β-amino-alcohol motifs (C(OH)–C–C–N with tert-alkyl or cyclic N) is 1. The number of aliphatic hydroxyl groups is 1. The first-order valence-corrected chi connectivity index (χ1v) is 6.31. The van der Waals surface area contributed by atoms with Crippen LogP contribution in [0.3, 0.4) is 0 Å². The highest BCUT2D eigenvalue weighted by Gasteiger charge is 2.29. The zero-order chi connectivity index (χ0) is 13.0. The number of hydrogen-bond donors (Lipinski definition) is 1. The number of benzene rings is 1. The van der Waals surface area contributed by atoms with Crippen LogP contribution >= 0.6 is 0 Å². The van der Waals surface area contributed by atoms with Crippen molar-refractivity contribution in [3.63, 3.8) is 0 Å². The molecule has 1 aliphatic rings. The molecule has 1 N–H and O–H groups in total. The lowest BCUT2D eigenvalue weighted by Gasteiger charge is -2.36. The Kier molecular flexibility index (Phi) is 3.82. The van der Waals surface area contributed by atoms with Crippen molar-refractivity contribution in [2.75, 3.05) is 13.1 Å². The fourth-order valence-corrected chi connectivity index (χ4v) is 2.25. The van der Waals surface area contributed by atoms with Crippen molar-refractivity contribution in [3.8, 4) is 0 Å². The van der Waals surface area contributed by atoms with Crippen molar-refractivity contribution >= 4 is 12.0 Å². The summed E-state index contributed by atoms with van der Waals surface area (Å²) in [4.78, 5) is 13.7. The second-order valence-corrected chi connectivity index (χ2v) is 5.10. The molecule has 3 nitrogen and oxygen atoms in total. The van der Waals surface area contributed by atoms with Gasteiger partial charge >= 0.3 is 0 Å². The van der Waals surface area contributed by atoms with E-state index in [1.165, 1.54) is 0 Å². The molecule has 96 valence electrons. The Balaban J connectivity index is 1.98. The number of nitrogens with zero attached hydrogens (tertiary/aromatic N) is 1. The van der Waals surface area contributed by atoms with E-state index in [2.05, 4.69) is 0 Å². The summed E-state index contributed by atoms with van der Waals surface area (Å²) < 4.78 is 0. The van der Waals surface area contributed by atoms with E-state index in [0.717, 1.165) is 24.9 Å². The highest BCUT2D eigenvalue weighted by molar-refractivity contribution is 5.91. The summed E-state index contributed by atoms with van der Waals surface area (Å²) in [5.41, 5.74) is 0.267. The summed E-state index contributed by atoms with van der Waals surface area (Å²) in [6.07, 6.45) is 5.01. The minimum atomic E-state index is -0.742. The van der Waals surface area contributed by atoms with Gasteiger partial charge in [-0.05, 0) is 31.4 Å². The van der Waals surface area contributed by atoms with Crippen LogP contribution in [-0.2, 0) is 4.79 Å². The molecule has 0 aromatic heterocycles. The van der Waals surface area contributed by atoms with Crippen LogP contribution in [0.5, 0.6) is 0 Å². The van der Waals surface area contributed by atoms with Crippen molar-refractivity contribution in [2.24, 2.45) is 0 Å². The fourth-order valence-electron chi connectivity index (χ4n) is 2.25. The molecule has 3 heteroatoms. The van der Waals surface area contributed by atoms with Gasteiger partial charge in [0.25, 0.3) is 0 Å². The first-order valence-electron chi connectivity index (χ1n) is 6.31. The molecule has 1 amide bonds. The van der Waals surface area contributed by atoms with Gasteiger partial charge in [0.2, 0.25) is 5.91 Å².